The lowest BCUT2D eigenvalue weighted by Crippen LogP contribution is -2.53. The lowest BCUT2D eigenvalue weighted by molar-refractivity contribution is 0.0757. The summed E-state index contributed by atoms with van der Waals surface area (Å²) >= 11 is 1.13. The van der Waals surface area contributed by atoms with Crippen molar-refractivity contribution < 1.29 is 9.18 Å². The Bertz CT molecular complexity index is 864. The molecule has 8 nitrogen and oxygen atoms in total. The maximum atomic E-state index is 13.0. The van der Waals surface area contributed by atoms with Gasteiger partial charge in [0.05, 0.1) is 13.1 Å². The van der Waals surface area contributed by atoms with Crippen molar-refractivity contribution >= 4 is 29.1 Å². The third kappa shape index (κ3) is 4.34. The minimum Gasteiger partial charge on any atom is -0.329 e. The van der Waals surface area contributed by atoms with Crippen LogP contribution in [0.3, 0.4) is 0 Å². The van der Waals surface area contributed by atoms with E-state index in [1.54, 1.807) is 0 Å². The molecule has 3 rings (SSSR count). The average molecular weight is 389 g/mol. The lowest BCUT2D eigenvalue weighted by atomic mass is 10.1. The van der Waals surface area contributed by atoms with E-state index in [2.05, 4.69) is 9.36 Å². The summed E-state index contributed by atoms with van der Waals surface area (Å²) in [6.07, 6.45) is 0. The molecular formula is C17H20FN7OS. The number of aromatic nitrogens is 2. The molecule has 0 atom stereocenters. The third-order valence-electron chi connectivity index (χ3n) is 4.04. The van der Waals surface area contributed by atoms with Crippen LogP contribution in [-0.2, 0) is 6.54 Å². The SMILES string of the molecule is CN(C)Cc1nsc(C(=N)N2CCN(C(=O)c3ccc(F)cc3)CC2=N)n1. The van der Waals surface area contributed by atoms with Crippen LogP contribution in [0.2, 0.25) is 0 Å². The molecule has 1 saturated heterocycles. The number of nitrogens with zero attached hydrogens (tertiary/aromatic N) is 5. The molecule has 0 spiro atoms. The van der Waals surface area contributed by atoms with E-state index in [1.165, 1.54) is 34.1 Å². The summed E-state index contributed by atoms with van der Waals surface area (Å²) in [7, 11) is 3.83. The maximum Gasteiger partial charge on any atom is 0.254 e. The predicted octanol–water partition coefficient (Wildman–Crippen LogP) is 1.50. The van der Waals surface area contributed by atoms with Crippen molar-refractivity contribution in [2.45, 2.75) is 6.54 Å². The molecule has 1 aromatic carbocycles. The second-order valence-corrected chi connectivity index (χ2v) is 7.19. The first kappa shape index (κ1) is 19.1. The highest BCUT2D eigenvalue weighted by Gasteiger charge is 2.29. The van der Waals surface area contributed by atoms with Gasteiger partial charge in [-0.1, -0.05) is 0 Å². The van der Waals surface area contributed by atoms with Crippen LogP contribution < -0.4 is 0 Å². The minimum atomic E-state index is -0.400. The number of rotatable bonds is 4. The van der Waals surface area contributed by atoms with Gasteiger partial charge in [0.15, 0.2) is 16.7 Å². The van der Waals surface area contributed by atoms with E-state index in [0.29, 0.717) is 36.0 Å². The quantitative estimate of drug-likeness (QED) is 0.610. The van der Waals surface area contributed by atoms with Crippen molar-refractivity contribution in [2.75, 3.05) is 33.7 Å². The van der Waals surface area contributed by atoms with Crippen molar-refractivity contribution in [2.24, 2.45) is 0 Å². The van der Waals surface area contributed by atoms with Crippen LogP contribution >= 0.6 is 11.5 Å². The molecule has 0 bridgehead atoms. The van der Waals surface area contributed by atoms with Gasteiger partial charge < -0.3 is 14.7 Å². The molecule has 0 saturated carbocycles. The van der Waals surface area contributed by atoms with Gasteiger partial charge in [0.2, 0.25) is 0 Å². The number of carbonyl (C=O) groups is 1. The maximum absolute atomic E-state index is 13.0. The van der Waals surface area contributed by atoms with Crippen LogP contribution in [0.15, 0.2) is 24.3 Å². The van der Waals surface area contributed by atoms with E-state index < -0.39 is 5.82 Å². The first-order valence-electron chi connectivity index (χ1n) is 8.31. The number of hydrogen-bond acceptors (Lipinski definition) is 7. The van der Waals surface area contributed by atoms with Gasteiger partial charge in [-0.15, -0.1) is 0 Å². The monoisotopic (exact) mass is 389 g/mol. The van der Waals surface area contributed by atoms with E-state index in [1.807, 2.05) is 19.0 Å². The smallest absolute Gasteiger partial charge is 0.254 e. The van der Waals surface area contributed by atoms with Crippen LogP contribution in [0.4, 0.5) is 4.39 Å². The number of nitrogens with one attached hydrogen (secondary N) is 2. The number of piperazine rings is 1. The summed E-state index contributed by atoms with van der Waals surface area (Å²) in [5.41, 5.74) is 0.380. The van der Waals surface area contributed by atoms with Crippen molar-refractivity contribution in [1.29, 1.82) is 10.8 Å². The summed E-state index contributed by atoms with van der Waals surface area (Å²) in [5, 5.41) is 17.0. The Morgan fingerprint density at radius 1 is 1.30 bits per heavy atom. The lowest BCUT2D eigenvalue weighted by Gasteiger charge is -2.35. The summed E-state index contributed by atoms with van der Waals surface area (Å²) < 4.78 is 17.3. The van der Waals surface area contributed by atoms with Crippen LogP contribution in [0.1, 0.15) is 21.2 Å². The normalized spacial score (nSPS) is 14.7. The predicted molar refractivity (Wildman–Crippen MR) is 101 cm³/mol. The van der Waals surface area contributed by atoms with Gasteiger partial charge in [-0.3, -0.25) is 15.6 Å². The first-order valence-corrected chi connectivity index (χ1v) is 9.08. The van der Waals surface area contributed by atoms with Gasteiger partial charge in [-0.2, -0.15) is 4.37 Å². The highest BCUT2D eigenvalue weighted by molar-refractivity contribution is 7.07. The zero-order chi connectivity index (χ0) is 19.6. The third-order valence-corrected chi connectivity index (χ3v) is 4.80. The Labute approximate surface area is 160 Å². The molecule has 2 N–H and O–H groups in total. The Balaban J connectivity index is 1.65. The van der Waals surface area contributed by atoms with Gasteiger partial charge in [-0.05, 0) is 49.9 Å². The van der Waals surface area contributed by atoms with Gasteiger partial charge in [0.1, 0.15) is 11.7 Å². The molecule has 0 aliphatic carbocycles. The average Bonchev–Trinajstić information content (AvgIpc) is 3.09. The molecule has 2 aromatic rings. The van der Waals surface area contributed by atoms with Crippen LogP contribution in [0.5, 0.6) is 0 Å². The number of amidine groups is 2. The Hall–Kier alpha value is -2.72. The standard InChI is InChI=1S/C17H20FN7OS/c1-23(2)10-14-21-16(27-22-14)15(20)25-8-7-24(9-13(25)19)17(26)11-3-5-12(18)6-4-11/h3-6,19-20H,7-10H2,1-2H3. The largest absolute Gasteiger partial charge is 0.329 e. The number of halogens is 1. The molecule has 142 valence electrons. The number of amides is 1. The summed E-state index contributed by atoms with van der Waals surface area (Å²) in [4.78, 5) is 21.9. The second kappa shape index (κ2) is 7.89. The van der Waals surface area contributed by atoms with Crippen molar-refractivity contribution in [3.05, 3.63) is 46.5 Å². The van der Waals surface area contributed by atoms with Crippen molar-refractivity contribution in [1.82, 2.24) is 24.1 Å². The molecule has 0 unspecified atom stereocenters. The molecule has 27 heavy (non-hydrogen) atoms. The Kier molecular flexibility index (Phi) is 5.57. The summed E-state index contributed by atoms with van der Waals surface area (Å²) in [5.74, 6) is 0.252. The van der Waals surface area contributed by atoms with Crippen LogP contribution in [-0.4, -0.2) is 75.4 Å². The number of benzene rings is 1. The van der Waals surface area contributed by atoms with Crippen LogP contribution in [0.25, 0.3) is 0 Å². The summed E-state index contributed by atoms with van der Waals surface area (Å²) in [6.45, 7) is 1.36. The molecule has 10 heteroatoms. The molecular weight excluding hydrogens is 369 g/mol. The van der Waals surface area contributed by atoms with Gasteiger partial charge in [-0.25, -0.2) is 9.37 Å². The zero-order valence-electron chi connectivity index (χ0n) is 15.1. The van der Waals surface area contributed by atoms with E-state index in [0.717, 1.165) is 11.5 Å². The molecule has 0 radical (unpaired) electrons. The van der Waals surface area contributed by atoms with E-state index in [-0.39, 0.29) is 24.1 Å². The Morgan fingerprint density at radius 2 is 2.00 bits per heavy atom. The van der Waals surface area contributed by atoms with E-state index >= 15 is 0 Å². The number of carbonyl (C=O) groups excluding carboxylic acids is 1. The highest BCUT2D eigenvalue weighted by Crippen LogP contribution is 2.15. The fraction of sp³-hybridized carbons (Fsp3) is 0.353. The first-order chi connectivity index (χ1) is 12.8. The molecule has 1 aliphatic heterocycles. The summed E-state index contributed by atoms with van der Waals surface area (Å²) in [6, 6.07) is 5.35. The molecule has 1 aliphatic rings. The second-order valence-electron chi connectivity index (χ2n) is 6.43. The molecule has 1 aromatic heterocycles. The zero-order valence-corrected chi connectivity index (χ0v) is 15.9. The molecule has 2 heterocycles. The minimum absolute atomic E-state index is 0.0853. The fourth-order valence-electron chi connectivity index (χ4n) is 2.71. The molecule has 1 fully saturated rings. The fourth-order valence-corrected chi connectivity index (χ4v) is 3.34. The van der Waals surface area contributed by atoms with Crippen molar-refractivity contribution in [3.63, 3.8) is 0 Å². The molecule has 1 amide bonds. The Morgan fingerprint density at radius 3 is 2.63 bits per heavy atom. The van der Waals surface area contributed by atoms with Crippen LogP contribution in [0, 0.1) is 16.6 Å². The van der Waals surface area contributed by atoms with Gasteiger partial charge in [0.25, 0.3) is 5.91 Å². The van der Waals surface area contributed by atoms with E-state index in [4.69, 9.17) is 10.8 Å². The van der Waals surface area contributed by atoms with Gasteiger partial charge in [0, 0.05) is 18.7 Å². The van der Waals surface area contributed by atoms with E-state index in [9.17, 15) is 9.18 Å². The number of hydrogen-bond donors (Lipinski definition) is 2. The highest BCUT2D eigenvalue weighted by atomic mass is 32.1. The topological polar surface area (TPSA) is 100 Å². The van der Waals surface area contributed by atoms with Gasteiger partial charge >= 0.3 is 0 Å². The van der Waals surface area contributed by atoms with Crippen molar-refractivity contribution in [3.8, 4) is 0 Å².